The van der Waals surface area contributed by atoms with Crippen LogP contribution in [0, 0.1) is 0 Å². The monoisotopic (exact) mass is 439 g/mol. The Balaban J connectivity index is 1.57. The molecule has 0 aromatic heterocycles. The van der Waals surface area contributed by atoms with Gasteiger partial charge in [0.15, 0.2) is 6.61 Å². The van der Waals surface area contributed by atoms with Gasteiger partial charge >= 0.3 is 0 Å². The summed E-state index contributed by atoms with van der Waals surface area (Å²) in [6.45, 7) is -0.196. The number of nitrogens with two attached hydrogens (primary N) is 1. The molecular weight excluding hydrogens is 418 g/mol. The van der Waals surface area contributed by atoms with Gasteiger partial charge in [0.25, 0.3) is 11.8 Å². The molecule has 0 atom stereocenters. The van der Waals surface area contributed by atoms with Crippen LogP contribution in [0.25, 0.3) is 10.8 Å². The van der Waals surface area contributed by atoms with Gasteiger partial charge in [0.1, 0.15) is 5.75 Å². The molecule has 9 heteroatoms. The number of carbonyl (C=O) groups excluding carboxylic acids is 2. The fourth-order valence-electron chi connectivity index (χ4n) is 3.08. The number of sulfonamides is 1. The number of hydrogen-bond acceptors (Lipinski definition) is 5. The van der Waals surface area contributed by atoms with E-state index in [-0.39, 0.29) is 34.8 Å². The predicted octanol–water partition coefficient (Wildman–Crippen LogP) is 2.40. The van der Waals surface area contributed by atoms with Crippen molar-refractivity contribution in [2.24, 2.45) is 5.14 Å². The fraction of sp³-hybridized carbons (Fsp3) is 0.182. The fourth-order valence-corrected chi connectivity index (χ4v) is 3.60. The van der Waals surface area contributed by atoms with Crippen LogP contribution < -0.4 is 20.5 Å². The van der Waals surface area contributed by atoms with Crippen molar-refractivity contribution in [1.29, 1.82) is 0 Å². The Hall–Kier alpha value is -3.43. The minimum Gasteiger partial charge on any atom is -0.483 e. The van der Waals surface area contributed by atoms with E-state index < -0.39 is 15.9 Å². The number of hydrogen-bond donors (Lipinski definition) is 3. The number of primary sulfonamides is 1. The van der Waals surface area contributed by atoms with E-state index in [4.69, 9.17) is 9.88 Å². The van der Waals surface area contributed by atoms with Crippen molar-refractivity contribution < 1.29 is 22.7 Å². The van der Waals surface area contributed by atoms with E-state index in [2.05, 4.69) is 10.6 Å². The molecule has 31 heavy (non-hydrogen) atoms. The summed E-state index contributed by atoms with van der Waals surface area (Å²) < 4.78 is 28.5. The molecule has 4 N–H and O–H groups in total. The van der Waals surface area contributed by atoms with Crippen LogP contribution in [0.1, 0.15) is 23.2 Å². The van der Waals surface area contributed by atoms with Crippen LogP contribution in [0.4, 0.5) is 5.69 Å². The molecule has 0 radical (unpaired) electrons. The Bertz CT molecular complexity index is 1250. The third kappa shape index (κ3) is 5.19. The molecule has 4 rings (SSSR count). The minimum atomic E-state index is -3.82. The molecular formula is C22H21N3O5S. The lowest BCUT2D eigenvalue weighted by molar-refractivity contribution is -0.123. The average molecular weight is 439 g/mol. The van der Waals surface area contributed by atoms with E-state index in [1.807, 2.05) is 24.3 Å². The Morgan fingerprint density at radius 1 is 1.00 bits per heavy atom. The standard InChI is InChI=1S/C22H21N3O5S/c23-31(28,29)18-9-7-17(8-10-18)25-22(27)19-11-14-3-1-2-4-15(14)12-20(19)30-13-21(26)24-16-5-6-16/h1-4,7-12,16H,5-6,13H2,(H,24,26)(H,25,27)(H2,23,28,29). The number of ether oxygens (including phenoxy) is 1. The molecule has 0 spiro atoms. The van der Waals surface area contributed by atoms with E-state index in [1.165, 1.54) is 24.3 Å². The Kier molecular flexibility index (Phi) is 5.62. The van der Waals surface area contributed by atoms with Crippen LogP contribution in [0.15, 0.2) is 65.6 Å². The van der Waals surface area contributed by atoms with E-state index in [1.54, 1.807) is 12.1 Å². The van der Waals surface area contributed by atoms with Crippen molar-refractivity contribution in [3.8, 4) is 5.75 Å². The van der Waals surface area contributed by atoms with Crippen molar-refractivity contribution in [2.45, 2.75) is 23.8 Å². The highest BCUT2D eigenvalue weighted by molar-refractivity contribution is 7.89. The van der Waals surface area contributed by atoms with Crippen LogP contribution in [-0.4, -0.2) is 32.9 Å². The average Bonchev–Trinajstić information content (AvgIpc) is 3.55. The number of rotatable bonds is 7. The topological polar surface area (TPSA) is 128 Å². The lowest BCUT2D eigenvalue weighted by Gasteiger charge is -2.14. The summed E-state index contributed by atoms with van der Waals surface area (Å²) >= 11 is 0. The van der Waals surface area contributed by atoms with Gasteiger partial charge in [-0.05, 0) is 60.0 Å². The molecule has 0 aliphatic heterocycles. The maximum atomic E-state index is 13.0. The second-order valence-corrected chi connectivity index (χ2v) is 8.91. The van der Waals surface area contributed by atoms with Gasteiger partial charge in [-0.25, -0.2) is 13.6 Å². The highest BCUT2D eigenvalue weighted by atomic mass is 32.2. The lowest BCUT2D eigenvalue weighted by atomic mass is 10.1. The molecule has 3 aromatic rings. The molecule has 0 heterocycles. The summed E-state index contributed by atoms with van der Waals surface area (Å²) in [7, 11) is -3.82. The molecule has 1 aliphatic carbocycles. The SMILES string of the molecule is NS(=O)(=O)c1ccc(NC(=O)c2cc3ccccc3cc2OCC(=O)NC2CC2)cc1. The van der Waals surface area contributed by atoms with Gasteiger partial charge in [-0.3, -0.25) is 9.59 Å². The second-order valence-electron chi connectivity index (χ2n) is 7.35. The van der Waals surface area contributed by atoms with Crippen molar-refractivity contribution in [2.75, 3.05) is 11.9 Å². The first kappa shape index (κ1) is 20.8. The van der Waals surface area contributed by atoms with Crippen molar-refractivity contribution in [1.82, 2.24) is 5.32 Å². The molecule has 0 saturated heterocycles. The van der Waals surface area contributed by atoms with Gasteiger partial charge in [-0.1, -0.05) is 24.3 Å². The summed E-state index contributed by atoms with van der Waals surface area (Å²) in [6.07, 6.45) is 1.94. The minimum absolute atomic E-state index is 0.0538. The summed E-state index contributed by atoms with van der Waals surface area (Å²) in [5.74, 6) is -0.407. The first-order valence-electron chi connectivity index (χ1n) is 9.69. The largest absolute Gasteiger partial charge is 0.483 e. The van der Waals surface area contributed by atoms with Gasteiger partial charge < -0.3 is 15.4 Å². The number of nitrogens with one attached hydrogen (secondary N) is 2. The van der Waals surface area contributed by atoms with Gasteiger partial charge in [-0.2, -0.15) is 0 Å². The number of benzene rings is 3. The van der Waals surface area contributed by atoms with Crippen molar-refractivity contribution in [3.05, 3.63) is 66.2 Å². The molecule has 0 unspecified atom stereocenters. The van der Waals surface area contributed by atoms with E-state index in [9.17, 15) is 18.0 Å². The molecule has 2 amide bonds. The maximum Gasteiger partial charge on any atom is 0.259 e. The number of fused-ring (bicyclic) bond motifs is 1. The third-order valence-electron chi connectivity index (χ3n) is 4.83. The molecule has 1 aliphatic rings. The van der Waals surface area contributed by atoms with E-state index in [0.717, 1.165) is 23.6 Å². The smallest absolute Gasteiger partial charge is 0.259 e. The van der Waals surface area contributed by atoms with Crippen LogP contribution in [0.2, 0.25) is 0 Å². The summed E-state index contributed by atoms with van der Waals surface area (Å²) in [6, 6.07) is 16.6. The predicted molar refractivity (Wildman–Crippen MR) is 116 cm³/mol. The Morgan fingerprint density at radius 2 is 1.65 bits per heavy atom. The highest BCUT2D eigenvalue weighted by Crippen LogP contribution is 2.27. The van der Waals surface area contributed by atoms with Crippen molar-refractivity contribution in [3.63, 3.8) is 0 Å². The lowest BCUT2D eigenvalue weighted by Crippen LogP contribution is -2.30. The van der Waals surface area contributed by atoms with E-state index >= 15 is 0 Å². The summed E-state index contributed by atoms with van der Waals surface area (Å²) in [5.41, 5.74) is 0.649. The molecule has 1 fully saturated rings. The summed E-state index contributed by atoms with van der Waals surface area (Å²) in [4.78, 5) is 24.9. The molecule has 3 aromatic carbocycles. The second kappa shape index (κ2) is 8.37. The highest BCUT2D eigenvalue weighted by Gasteiger charge is 2.24. The molecule has 160 valence electrons. The zero-order chi connectivity index (χ0) is 22.0. The quantitative estimate of drug-likeness (QED) is 0.521. The maximum absolute atomic E-state index is 13.0. The number of anilines is 1. The molecule has 8 nitrogen and oxygen atoms in total. The van der Waals surface area contributed by atoms with Gasteiger partial charge in [0, 0.05) is 11.7 Å². The number of amides is 2. The van der Waals surface area contributed by atoms with Crippen LogP contribution in [0.3, 0.4) is 0 Å². The first-order valence-corrected chi connectivity index (χ1v) is 11.2. The normalized spacial score (nSPS) is 13.6. The third-order valence-corrected chi connectivity index (χ3v) is 5.76. The van der Waals surface area contributed by atoms with Crippen LogP contribution in [0.5, 0.6) is 5.75 Å². The van der Waals surface area contributed by atoms with E-state index in [0.29, 0.717) is 5.69 Å². The van der Waals surface area contributed by atoms with Crippen LogP contribution >= 0.6 is 0 Å². The molecule has 0 bridgehead atoms. The zero-order valence-electron chi connectivity index (χ0n) is 16.5. The molecule has 1 saturated carbocycles. The summed E-state index contributed by atoms with van der Waals surface area (Å²) in [5, 5.41) is 12.4. The van der Waals surface area contributed by atoms with Crippen molar-refractivity contribution >= 4 is 38.3 Å². The Labute approximate surface area is 179 Å². The van der Waals surface area contributed by atoms with Crippen LogP contribution in [-0.2, 0) is 14.8 Å². The first-order chi connectivity index (χ1) is 14.8. The van der Waals surface area contributed by atoms with Gasteiger partial charge in [0.2, 0.25) is 10.0 Å². The zero-order valence-corrected chi connectivity index (χ0v) is 17.3. The Morgan fingerprint density at radius 3 is 2.26 bits per heavy atom. The number of carbonyl (C=O) groups is 2. The van der Waals surface area contributed by atoms with Gasteiger partial charge in [0.05, 0.1) is 10.5 Å². The van der Waals surface area contributed by atoms with Gasteiger partial charge in [-0.15, -0.1) is 0 Å².